The summed E-state index contributed by atoms with van der Waals surface area (Å²) in [6, 6.07) is 24.6. The quantitative estimate of drug-likeness (QED) is 0.190. The van der Waals surface area contributed by atoms with Gasteiger partial charge in [-0.2, -0.15) is 0 Å². The van der Waals surface area contributed by atoms with E-state index in [-0.39, 0.29) is 0 Å². The maximum atomic E-state index is 6.24. The number of rotatable bonds is 7. The molecule has 0 N–H and O–H groups in total. The van der Waals surface area contributed by atoms with Gasteiger partial charge in [-0.3, -0.25) is 0 Å². The summed E-state index contributed by atoms with van der Waals surface area (Å²) in [5, 5.41) is 11.8. The highest BCUT2D eigenvalue weighted by Gasteiger charge is 2.20. The van der Waals surface area contributed by atoms with Gasteiger partial charge in [0, 0.05) is 13.2 Å². The number of benzene rings is 5. The highest BCUT2D eigenvalue weighted by molar-refractivity contribution is 6.62. The molecule has 0 aromatic heterocycles. The molecule has 146 valence electrons. The molecule has 0 spiro atoms. The summed E-state index contributed by atoms with van der Waals surface area (Å²) in [5.41, 5.74) is 0. The number of fused-ring (bicyclic) bond motifs is 2. The summed E-state index contributed by atoms with van der Waals surface area (Å²) < 4.78 is 12.5. The maximum absolute atomic E-state index is 6.24. The maximum Gasteiger partial charge on any atom is 0.355 e. The van der Waals surface area contributed by atoms with Crippen LogP contribution in [0.3, 0.4) is 0 Å². The van der Waals surface area contributed by atoms with Crippen molar-refractivity contribution in [3.63, 3.8) is 0 Å². The molecule has 29 heavy (non-hydrogen) atoms. The van der Waals surface area contributed by atoms with E-state index in [4.69, 9.17) is 8.85 Å². The van der Waals surface area contributed by atoms with Crippen molar-refractivity contribution in [1.29, 1.82) is 0 Å². The Balaban J connectivity index is 1.83. The topological polar surface area (TPSA) is 18.5 Å². The van der Waals surface area contributed by atoms with Gasteiger partial charge in [0.25, 0.3) is 0 Å². The van der Waals surface area contributed by atoms with E-state index in [1.165, 1.54) is 48.3 Å². The minimum Gasteiger partial charge on any atom is -0.393 e. The van der Waals surface area contributed by atoms with Gasteiger partial charge in [-0.1, -0.05) is 80.6 Å². The molecule has 0 atom stereocenters. The molecule has 5 rings (SSSR count). The smallest absolute Gasteiger partial charge is 0.355 e. The second-order valence-corrected chi connectivity index (χ2v) is 9.75. The van der Waals surface area contributed by atoms with E-state index >= 15 is 0 Å². The standard InChI is InChI=1S/C26H26O2Si/c1-3-14-27-29(28-15-4-2)20-16-19-10-7-12-22-21-11-5-8-18-9-6-13-23(25(18)21)24(17-20)26(19)22/h5-13,16-17,29H,3-4,14-15H2,1-2H3. The van der Waals surface area contributed by atoms with Crippen LogP contribution in [0.2, 0.25) is 0 Å². The van der Waals surface area contributed by atoms with Crippen molar-refractivity contribution in [2.75, 3.05) is 13.2 Å². The Morgan fingerprint density at radius 1 is 0.621 bits per heavy atom. The van der Waals surface area contributed by atoms with Crippen LogP contribution in [0.1, 0.15) is 26.7 Å². The molecule has 0 aliphatic heterocycles. The third kappa shape index (κ3) is 3.10. The molecular weight excluding hydrogens is 372 g/mol. The Morgan fingerprint density at radius 3 is 1.72 bits per heavy atom. The van der Waals surface area contributed by atoms with Crippen molar-refractivity contribution in [2.24, 2.45) is 0 Å². The lowest BCUT2D eigenvalue weighted by atomic mass is 9.90. The fourth-order valence-electron chi connectivity index (χ4n) is 4.50. The van der Waals surface area contributed by atoms with Gasteiger partial charge in [-0.25, -0.2) is 0 Å². The normalized spacial score (nSPS) is 12.2. The first-order chi connectivity index (χ1) is 14.3. The van der Waals surface area contributed by atoms with E-state index in [1.54, 1.807) is 0 Å². The summed E-state index contributed by atoms with van der Waals surface area (Å²) in [6.07, 6.45) is 2.02. The lowest BCUT2D eigenvalue weighted by Crippen LogP contribution is -2.37. The molecule has 0 aliphatic rings. The van der Waals surface area contributed by atoms with Gasteiger partial charge in [-0.15, -0.1) is 0 Å². The summed E-state index contributed by atoms with van der Waals surface area (Å²) in [4.78, 5) is 0. The molecule has 2 nitrogen and oxygen atoms in total. The first-order valence-electron chi connectivity index (χ1n) is 10.6. The lowest BCUT2D eigenvalue weighted by Gasteiger charge is -2.20. The van der Waals surface area contributed by atoms with E-state index in [1.807, 2.05) is 0 Å². The molecule has 5 aromatic rings. The van der Waals surface area contributed by atoms with Gasteiger partial charge in [-0.05, 0) is 61.1 Å². The molecule has 0 unspecified atom stereocenters. The monoisotopic (exact) mass is 398 g/mol. The fraction of sp³-hybridized carbons (Fsp3) is 0.231. The van der Waals surface area contributed by atoms with E-state index < -0.39 is 9.28 Å². The van der Waals surface area contributed by atoms with Crippen molar-refractivity contribution in [3.8, 4) is 0 Å². The summed E-state index contributed by atoms with van der Waals surface area (Å²) in [6.45, 7) is 5.82. The van der Waals surface area contributed by atoms with Gasteiger partial charge in [0.15, 0.2) is 0 Å². The molecule has 0 fully saturated rings. The SMILES string of the molecule is CCCO[SiH](OCCC)c1cc2cccc3c4cccc5cccc(c(c1)c23)c54. The summed E-state index contributed by atoms with van der Waals surface area (Å²) in [7, 11) is -1.93. The molecule has 0 heterocycles. The Labute approximate surface area is 173 Å². The van der Waals surface area contributed by atoms with Crippen LogP contribution in [0.5, 0.6) is 0 Å². The van der Waals surface area contributed by atoms with Crippen molar-refractivity contribution >= 4 is 57.6 Å². The molecule has 0 amide bonds. The molecule has 0 bridgehead atoms. The minimum atomic E-state index is -1.93. The van der Waals surface area contributed by atoms with Gasteiger partial charge in [0.1, 0.15) is 0 Å². The van der Waals surface area contributed by atoms with Crippen LogP contribution < -0.4 is 5.19 Å². The van der Waals surface area contributed by atoms with Gasteiger partial charge in [0.2, 0.25) is 0 Å². The predicted octanol–water partition coefficient (Wildman–Crippen LogP) is 6.02. The number of hydrogen-bond donors (Lipinski definition) is 0. The van der Waals surface area contributed by atoms with Gasteiger partial charge < -0.3 is 8.85 Å². The Hall–Kier alpha value is -2.46. The average molecular weight is 399 g/mol. The Morgan fingerprint density at radius 2 is 1.14 bits per heavy atom. The van der Waals surface area contributed by atoms with Crippen LogP contribution in [0, 0.1) is 0 Å². The highest BCUT2D eigenvalue weighted by atomic mass is 28.3. The Kier molecular flexibility index (Phi) is 4.96. The molecule has 0 saturated heterocycles. The van der Waals surface area contributed by atoms with Crippen LogP contribution in [0.15, 0.2) is 66.7 Å². The second-order valence-electron chi connectivity index (χ2n) is 7.75. The Bertz CT molecular complexity index is 1280. The predicted molar refractivity (Wildman–Crippen MR) is 127 cm³/mol. The van der Waals surface area contributed by atoms with Crippen LogP contribution in [-0.2, 0) is 8.85 Å². The lowest BCUT2D eigenvalue weighted by molar-refractivity contribution is 0.207. The van der Waals surface area contributed by atoms with Crippen LogP contribution in [0.4, 0.5) is 0 Å². The molecule has 5 aromatic carbocycles. The van der Waals surface area contributed by atoms with Crippen LogP contribution in [0.25, 0.3) is 43.1 Å². The summed E-state index contributed by atoms with van der Waals surface area (Å²) >= 11 is 0. The third-order valence-corrected chi connectivity index (χ3v) is 7.66. The van der Waals surface area contributed by atoms with Crippen LogP contribution >= 0.6 is 0 Å². The first kappa shape index (κ1) is 18.6. The van der Waals surface area contributed by atoms with Crippen molar-refractivity contribution < 1.29 is 8.85 Å². The van der Waals surface area contributed by atoms with Crippen molar-refractivity contribution in [3.05, 3.63) is 66.7 Å². The zero-order valence-electron chi connectivity index (χ0n) is 17.1. The van der Waals surface area contributed by atoms with Crippen molar-refractivity contribution in [2.45, 2.75) is 26.7 Å². The fourth-order valence-corrected chi connectivity index (χ4v) is 6.50. The molecule has 0 radical (unpaired) electrons. The van der Waals surface area contributed by atoms with Gasteiger partial charge in [0.05, 0.1) is 0 Å². The molecule has 0 saturated carbocycles. The zero-order chi connectivity index (χ0) is 19.8. The van der Waals surface area contributed by atoms with E-state index in [9.17, 15) is 0 Å². The molecular formula is C26H26O2Si. The zero-order valence-corrected chi connectivity index (χ0v) is 18.2. The summed E-state index contributed by atoms with van der Waals surface area (Å²) in [5.74, 6) is 0. The number of hydrogen-bond acceptors (Lipinski definition) is 2. The largest absolute Gasteiger partial charge is 0.393 e. The van der Waals surface area contributed by atoms with E-state index in [0.29, 0.717) is 0 Å². The van der Waals surface area contributed by atoms with E-state index in [0.717, 1.165) is 26.1 Å². The van der Waals surface area contributed by atoms with Crippen LogP contribution in [-0.4, -0.2) is 22.5 Å². The third-order valence-electron chi connectivity index (χ3n) is 5.70. The van der Waals surface area contributed by atoms with Gasteiger partial charge >= 0.3 is 9.28 Å². The highest BCUT2D eigenvalue weighted by Crippen LogP contribution is 2.39. The first-order valence-corrected chi connectivity index (χ1v) is 12.2. The molecule has 3 heteroatoms. The van der Waals surface area contributed by atoms with Crippen molar-refractivity contribution in [1.82, 2.24) is 0 Å². The molecule has 0 aliphatic carbocycles. The average Bonchev–Trinajstić information content (AvgIpc) is 2.77. The minimum absolute atomic E-state index is 0.756. The second kappa shape index (κ2) is 7.75. The van der Waals surface area contributed by atoms with E-state index in [2.05, 4.69) is 80.6 Å².